The lowest BCUT2D eigenvalue weighted by atomic mass is 10.2. The Balaban J connectivity index is 1.92. The zero-order valence-corrected chi connectivity index (χ0v) is 14.2. The lowest BCUT2D eigenvalue weighted by Gasteiger charge is -2.05. The molecule has 7 nitrogen and oxygen atoms in total. The van der Waals surface area contributed by atoms with Gasteiger partial charge in [0.2, 0.25) is 5.91 Å². The van der Waals surface area contributed by atoms with Gasteiger partial charge in [0.15, 0.2) is 0 Å². The Bertz CT molecular complexity index is 811. The van der Waals surface area contributed by atoms with Crippen LogP contribution in [0.1, 0.15) is 29.3 Å². The minimum Gasteiger partial charge on any atom is -0.462 e. The Morgan fingerprint density at radius 3 is 2.35 bits per heavy atom. The van der Waals surface area contributed by atoms with E-state index in [1.807, 2.05) is 6.92 Å². The molecule has 0 aliphatic carbocycles. The molecule has 2 aromatic carbocycles. The van der Waals surface area contributed by atoms with Crippen molar-refractivity contribution in [3.63, 3.8) is 0 Å². The summed E-state index contributed by atoms with van der Waals surface area (Å²) in [5, 5.41) is 13.3. The molecule has 2 aromatic rings. The first-order valence-electron chi connectivity index (χ1n) is 8.00. The normalized spacial score (nSPS) is 10.5. The standard InChI is InChI=1S/C19H18N2O5/c1-2-13-26-19(23)15-6-8-16(9-7-15)20-18(22)12-5-14-3-10-17(11-4-14)21(24)25/h3-12H,2,13H2,1H3,(H,20,22)/b12-5+. The number of ether oxygens (including phenoxy) is 1. The summed E-state index contributed by atoms with van der Waals surface area (Å²) >= 11 is 0. The fourth-order valence-corrected chi connectivity index (χ4v) is 2.03. The number of anilines is 1. The van der Waals surface area contributed by atoms with E-state index in [0.29, 0.717) is 23.4 Å². The number of benzene rings is 2. The molecule has 0 fully saturated rings. The van der Waals surface area contributed by atoms with Crippen LogP contribution in [0.2, 0.25) is 0 Å². The fourth-order valence-electron chi connectivity index (χ4n) is 2.03. The van der Waals surface area contributed by atoms with Gasteiger partial charge in [0, 0.05) is 23.9 Å². The summed E-state index contributed by atoms with van der Waals surface area (Å²) in [5.74, 6) is -0.757. The third kappa shape index (κ3) is 5.55. The maximum Gasteiger partial charge on any atom is 0.338 e. The molecule has 0 saturated heterocycles. The highest BCUT2D eigenvalue weighted by Gasteiger charge is 2.07. The zero-order chi connectivity index (χ0) is 18.9. The first-order chi connectivity index (χ1) is 12.5. The molecule has 0 saturated carbocycles. The predicted molar refractivity (Wildman–Crippen MR) is 97.8 cm³/mol. The van der Waals surface area contributed by atoms with Gasteiger partial charge in [0.05, 0.1) is 17.1 Å². The van der Waals surface area contributed by atoms with E-state index in [1.165, 1.54) is 18.2 Å². The van der Waals surface area contributed by atoms with E-state index < -0.39 is 10.9 Å². The van der Waals surface area contributed by atoms with Gasteiger partial charge in [0.25, 0.3) is 5.69 Å². The maximum absolute atomic E-state index is 11.9. The summed E-state index contributed by atoms with van der Waals surface area (Å²) in [4.78, 5) is 33.7. The number of nitrogens with zero attached hydrogens (tertiary/aromatic N) is 1. The zero-order valence-electron chi connectivity index (χ0n) is 14.2. The van der Waals surface area contributed by atoms with Crippen LogP contribution in [-0.2, 0) is 9.53 Å². The number of non-ortho nitro benzene ring substituents is 1. The molecule has 0 radical (unpaired) electrons. The number of nitro benzene ring substituents is 1. The molecule has 2 rings (SSSR count). The number of esters is 1. The summed E-state index contributed by atoms with van der Waals surface area (Å²) in [7, 11) is 0. The van der Waals surface area contributed by atoms with Crippen LogP contribution in [0.25, 0.3) is 6.08 Å². The van der Waals surface area contributed by atoms with E-state index in [2.05, 4.69) is 5.32 Å². The van der Waals surface area contributed by atoms with Gasteiger partial charge in [-0.15, -0.1) is 0 Å². The lowest BCUT2D eigenvalue weighted by molar-refractivity contribution is -0.384. The Hall–Kier alpha value is -3.48. The number of nitrogens with one attached hydrogen (secondary N) is 1. The average Bonchev–Trinajstić information content (AvgIpc) is 2.65. The number of carbonyl (C=O) groups excluding carboxylic acids is 2. The van der Waals surface area contributed by atoms with Crippen LogP contribution in [0.15, 0.2) is 54.6 Å². The monoisotopic (exact) mass is 354 g/mol. The number of rotatable bonds is 7. The average molecular weight is 354 g/mol. The highest BCUT2D eigenvalue weighted by atomic mass is 16.6. The highest BCUT2D eigenvalue weighted by molar-refractivity contribution is 6.02. The van der Waals surface area contributed by atoms with Crippen LogP contribution in [0.3, 0.4) is 0 Å². The van der Waals surface area contributed by atoms with Crippen molar-refractivity contribution in [2.24, 2.45) is 0 Å². The minimum absolute atomic E-state index is 0.0100. The lowest BCUT2D eigenvalue weighted by Crippen LogP contribution is -2.09. The topological polar surface area (TPSA) is 98.5 Å². The summed E-state index contributed by atoms with van der Waals surface area (Å²) in [6.07, 6.45) is 3.63. The molecule has 0 spiro atoms. The van der Waals surface area contributed by atoms with Crippen molar-refractivity contribution in [2.75, 3.05) is 11.9 Å². The van der Waals surface area contributed by atoms with Gasteiger partial charge in [-0.2, -0.15) is 0 Å². The minimum atomic E-state index is -0.484. The molecule has 0 bridgehead atoms. The van der Waals surface area contributed by atoms with Crippen LogP contribution in [0.4, 0.5) is 11.4 Å². The van der Waals surface area contributed by atoms with Crippen molar-refractivity contribution in [3.8, 4) is 0 Å². The second-order valence-electron chi connectivity index (χ2n) is 5.38. The first-order valence-corrected chi connectivity index (χ1v) is 8.00. The largest absolute Gasteiger partial charge is 0.462 e. The molecule has 0 atom stereocenters. The second-order valence-corrected chi connectivity index (χ2v) is 5.38. The third-order valence-corrected chi connectivity index (χ3v) is 3.36. The molecule has 1 N–H and O–H groups in total. The van der Waals surface area contributed by atoms with Gasteiger partial charge in [0.1, 0.15) is 0 Å². The van der Waals surface area contributed by atoms with Crippen molar-refractivity contribution in [1.82, 2.24) is 0 Å². The quantitative estimate of drug-likeness (QED) is 0.353. The molecule has 0 aliphatic heterocycles. The van der Waals surface area contributed by atoms with E-state index in [0.717, 1.165) is 6.42 Å². The number of hydrogen-bond donors (Lipinski definition) is 1. The molecule has 134 valence electrons. The number of carbonyl (C=O) groups is 2. The van der Waals surface area contributed by atoms with E-state index in [9.17, 15) is 19.7 Å². The number of hydrogen-bond acceptors (Lipinski definition) is 5. The molecule has 0 aliphatic rings. The Morgan fingerprint density at radius 1 is 1.12 bits per heavy atom. The number of amides is 1. The van der Waals surface area contributed by atoms with E-state index in [4.69, 9.17) is 4.74 Å². The van der Waals surface area contributed by atoms with E-state index >= 15 is 0 Å². The van der Waals surface area contributed by atoms with Crippen LogP contribution < -0.4 is 5.32 Å². The molecule has 0 unspecified atom stereocenters. The summed E-state index contributed by atoms with van der Waals surface area (Å²) in [5.41, 5.74) is 1.61. The third-order valence-electron chi connectivity index (χ3n) is 3.36. The van der Waals surface area contributed by atoms with E-state index in [1.54, 1.807) is 42.5 Å². The van der Waals surface area contributed by atoms with Gasteiger partial charge in [-0.3, -0.25) is 14.9 Å². The van der Waals surface area contributed by atoms with Crippen LogP contribution in [0.5, 0.6) is 0 Å². The smallest absolute Gasteiger partial charge is 0.338 e. The molecule has 0 heterocycles. The molecular formula is C19H18N2O5. The first kappa shape index (κ1) is 18.9. The Kier molecular flexibility index (Phi) is 6.61. The molecule has 1 amide bonds. The fraction of sp³-hybridized carbons (Fsp3) is 0.158. The van der Waals surface area contributed by atoms with Crippen molar-refractivity contribution < 1.29 is 19.2 Å². The summed E-state index contributed by atoms with van der Waals surface area (Å²) < 4.78 is 5.03. The molecular weight excluding hydrogens is 336 g/mol. The number of nitro groups is 1. The van der Waals surface area contributed by atoms with Gasteiger partial charge >= 0.3 is 5.97 Å². The van der Waals surface area contributed by atoms with Gasteiger partial charge in [-0.1, -0.05) is 6.92 Å². The maximum atomic E-state index is 11.9. The van der Waals surface area contributed by atoms with Crippen molar-refractivity contribution in [1.29, 1.82) is 0 Å². The Labute approximate surface area is 150 Å². The van der Waals surface area contributed by atoms with Gasteiger partial charge in [-0.05, 0) is 54.5 Å². The second kappa shape index (κ2) is 9.12. The Morgan fingerprint density at radius 2 is 1.77 bits per heavy atom. The van der Waals surface area contributed by atoms with Crippen molar-refractivity contribution in [2.45, 2.75) is 13.3 Å². The van der Waals surface area contributed by atoms with Crippen molar-refractivity contribution >= 4 is 29.3 Å². The summed E-state index contributed by atoms with van der Waals surface area (Å²) in [6.45, 7) is 2.28. The SMILES string of the molecule is CCCOC(=O)c1ccc(NC(=O)/C=C/c2ccc([N+](=O)[O-])cc2)cc1. The van der Waals surface area contributed by atoms with Gasteiger partial charge in [-0.25, -0.2) is 4.79 Å². The van der Waals surface area contributed by atoms with Crippen molar-refractivity contribution in [3.05, 3.63) is 75.8 Å². The molecule has 0 aromatic heterocycles. The van der Waals surface area contributed by atoms with Crippen LogP contribution in [-0.4, -0.2) is 23.4 Å². The van der Waals surface area contributed by atoms with Crippen LogP contribution in [0, 0.1) is 10.1 Å². The molecule has 26 heavy (non-hydrogen) atoms. The van der Waals surface area contributed by atoms with Crippen LogP contribution >= 0.6 is 0 Å². The predicted octanol–water partition coefficient (Wildman–Crippen LogP) is 3.81. The van der Waals surface area contributed by atoms with Gasteiger partial charge < -0.3 is 10.1 Å². The highest BCUT2D eigenvalue weighted by Crippen LogP contribution is 2.14. The van der Waals surface area contributed by atoms with E-state index in [-0.39, 0.29) is 11.6 Å². The molecule has 7 heteroatoms. The summed E-state index contributed by atoms with van der Waals surface area (Å²) in [6, 6.07) is 12.2.